The normalized spacial score (nSPS) is 16.1. The highest BCUT2D eigenvalue weighted by molar-refractivity contribution is 7.92. The molecule has 1 saturated carbocycles. The van der Waals surface area contributed by atoms with E-state index in [4.69, 9.17) is 4.74 Å². The first-order chi connectivity index (χ1) is 13.3. The van der Waals surface area contributed by atoms with Gasteiger partial charge < -0.3 is 10.1 Å². The zero-order valence-corrected chi connectivity index (χ0v) is 17.2. The highest BCUT2D eigenvalue weighted by Crippen LogP contribution is 2.48. The van der Waals surface area contributed by atoms with Crippen molar-refractivity contribution in [2.75, 3.05) is 11.8 Å². The van der Waals surface area contributed by atoms with E-state index in [0.717, 1.165) is 24.8 Å². The number of carbonyl (C=O) groups excluding carboxylic acids is 1. The van der Waals surface area contributed by atoms with Crippen molar-refractivity contribution in [2.45, 2.75) is 49.5 Å². The van der Waals surface area contributed by atoms with Gasteiger partial charge in [0.25, 0.3) is 10.0 Å². The van der Waals surface area contributed by atoms with Crippen molar-refractivity contribution in [2.24, 2.45) is 0 Å². The minimum absolute atomic E-state index is 0.0477. The number of amides is 1. The van der Waals surface area contributed by atoms with Crippen molar-refractivity contribution in [3.05, 3.63) is 54.1 Å². The molecule has 0 aromatic heterocycles. The van der Waals surface area contributed by atoms with Crippen molar-refractivity contribution in [3.8, 4) is 5.75 Å². The van der Waals surface area contributed by atoms with Crippen molar-refractivity contribution in [1.29, 1.82) is 0 Å². The van der Waals surface area contributed by atoms with Gasteiger partial charge in [0.2, 0.25) is 5.91 Å². The lowest BCUT2D eigenvalue weighted by Gasteiger charge is -2.19. The lowest BCUT2D eigenvalue weighted by molar-refractivity contribution is -0.124. The molecule has 1 atom stereocenters. The monoisotopic (exact) mass is 402 g/mol. The number of ether oxygens (including phenoxy) is 1. The van der Waals surface area contributed by atoms with E-state index >= 15 is 0 Å². The number of hydrogen-bond donors (Lipinski definition) is 2. The molecule has 1 aliphatic rings. The third-order valence-corrected chi connectivity index (χ3v) is 6.59. The second kappa shape index (κ2) is 7.83. The van der Waals surface area contributed by atoms with E-state index in [1.165, 1.54) is 19.2 Å². The SMILES string of the molecule is CC[C@@H](C)NC(=O)C1(c2ccc(NS(=O)(=O)c3cccc(OC)c3)cc2)CC1. The molecular weight excluding hydrogens is 376 g/mol. The minimum atomic E-state index is -3.72. The molecule has 0 heterocycles. The quantitative estimate of drug-likeness (QED) is 0.708. The summed E-state index contributed by atoms with van der Waals surface area (Å²) in [5.41, 5.74) is 0.885. The Morgan fingerprint density at radius 2 is 1.86 bits per heavy atom. The van der Waals surface area contributed by atoms with E-state index < -0.39 is 15.4 Å². The lowest BCUT2D eigenvalue weighted by atomic mass is 9.94. The Bertz CT molecular complexity index is 951. The third kappa shape index (κ3) is 4.14. The van der Waals surface area contributed by atoms with Crippen molar-refractivity contribution < 1.29 is 17.9 Å². The maximum absolute atomic E-state index is 12.6. The third-order valence-electron chi connectivity index (χ3n) is 5.22. The number of carbonyl (C=O) groups is 1. The largest absolute Gasteiger partial charge is 0.497 e. The average molecular weight is 403 g/mol. The van der Waals surface area contributed by atoms with E-state index in [0.29, 0.717) is 11.4 Å². The summed E-state index contributed by atoms with van der Waals surface area (Å²) in [6, 6.07) is 13.5. The molecule has 150 valence electrons. The van der Waals surface area contributed by atoms with Crippen molar-refractivity contribution in [1.82, 2.24) is 5.32 Å². The molecule has 1 fully saturated rings. The van der Waals surface area contributed by atoms with Crippen LogP contribution in [-0.4, -0.2) is 27.5 Å². The fraction of sp³-hybridized carbons (Fsp3) is 0.381. The van der Waals surface area contributed by atoms with E-state index in [1.54, 1.807) is 24.3 Å². The summed E-state index contributed by atoms with van der Waals surface area (Å²) in [5, 5.41) is 3.05. The van der Waals surface area contributed by atoms with Gasteiger partial charge in [-0.15, -0.1) is 0 Å². The maximum Gasteiger partial charge on any atom is 0.262 e. The number of methoxy groups -OCH3 is 1. The van der Waals surface area contributed by atoms with Crippen LogP contribution in [0.15, 0.2) is 53.4 Å². The molecule has 1 aliphatic carbocycles. The van der Waals surface area contributed by atoms with E-state index in [-0.39, 0.29) is 16.8 Å². The molecule has 3 rings (SSSR count). The Labute approximate surface area is 166 Å². The topological polar surface area (TPSA) is 84.5 Å². The van der Waals surface area contributed by atoms with Gasteiger partial charge >= 0.3 is 0 Å². The summed E-state index contributed by atoms with van der Waals surface area (Å²) in [4.78, 5) is 12.7. The number of nitrogens with one attached hydrogen (secondary N) is 2. The zero-order valence-electron chi connectivity index (χ0n) is 16.4. The van der Waals surface area contributed by atoms with Crippen LogP contribution < -0.4 is 14.8 Å². The molecule has 0 unspecified atom stereocenters. The number of rotatable bonds is 8. The van der Waals surface area contributed by atoms with Crippen LogP contribution in [0.4, 0.5) is 5.69 Å². The Kier molecular flexibility index (Phi) is 5.65. The van der Waals surface area contributed by atoms with Crippen LogP contribution in [0.1, 0.15) is 38.7 Å². The molecule has 0 bridgehead atoms. The van der Waals surface area contributed by atoms with Crippen LogP contribution in [0, 0.1) is 0 Å². The molecule has 2 aromatic rings. The highest BCUT2D eigenvalue weighted by Gasteiger charge is 2.51. The van der Waals surface area contributed by atoms with Crippen molar-refractivity contribution >= 4 is 21.6 Å². The molecule has 1 amide bonds. The Morgan fingerprint density at radius 1 is 1.18 bits per heavy atom. The summed E-state index contributed by atoms with van der Waals surface area (Å²) < 4.78 is 32.9. The van der Waals surface area contributed by atoms with Gasteiger partial charge in [-0.05, 0) is 56.0 Å². The number of hydrogen-bond acceptors (Lipinski definition) is 4. The van der Waals surface area contributed by atoms with E-state index in [9.17, 15) is 13.2 Å². The predicted molar refractivity (Wildman–Crippen MR) is 109 cm³/mol. The summed E-state index contributed by atoms with van der Waals surface area (Å²) in [5.74, 6) is 0.521. The molecule has 2 N–H and O–H groups in total. The van der Waals surface area contributed by atoms with Gasteiger partial charge in [0.15, 0.2) is 0 Å². The summed E-state index contributed by atoms with van der Waals surface area (Å²) in [6.07, 6.45) is 2.50. The van der Waals surface area contributed by atoms with E-state index in [2.05, 4.69) is 10.0 Å². The molecule has 0 spiro atoms. The van der Waals surface area contributed by atoms with Gasteiger partial charge in [-0.25, -0.2) is 8.42 Å². The molecule has 2 aromatic carbocycles. The minimum Gasteiger partial charge on any atom is -0.497 e. The predicted octanol–water partition coefficient (Wildman–Crippen LogP) is 3.44. The zero-order chi connectivity index (χ0) is 20.4. The lowest BCUT2D eigenvalue weighted by Crippen LogP contribution is -2.39. The molecule has 0 aliphatic heterocycles. The highest BCUT2D eigenvalue weighted by atomic mass is 32.2. The number of anilines is 1. The second-order valence-corrected chi connectivity index (χ2v) is 8.91. The van der Waals surface area contributed by atoms with Crippen LogP contribution in [0.3, 0.4) is 0 Å². The van der Waals surface area contributed by atoms with Gasteiger partial charge in [-0.3, -0.25) is 9.52 Å². The first kappa shape index (κ1) is 20.2. The van der Waals surface area contributed by atoms with Gasteiger partial charge in [0.05, 0.1) is 17.4 Å². The van der Waals surface area contributed by atoms with Crippen molar-refractivity contribution in [3.63, 3.8) is 0 Å². The van der Waals surface area contributed by atoms with Crippen LogP contribution >= 0.6 is 0 Å². The van der Waals surface area contributed by atoms with Gasteiger partial charge in [0.1, 0.15) is 5.75 Å². The van der Waals surface area contributed by atoms with E-state index in [1.807, 2.05) is 26.0 Å². The van der Waals surface area contributed by atoms with Gasteiger partial charge in [-0.1, -0.05) is 25.1 Å². The van der Waals surface area contributed by atoms with Gasteiger partial charge in [-0.2, -0.15) is 0 Å². The number of benzene rings is 2. The Hall–Kier alpha value is -2.54. The maximum atomic E-state index is 12.6. The Balaban J connectivity index is 1.75. The fourth-order valence-corrected chi connectivity index (χ4v) is 4.17. The smallest absolute Gasteiger partial charge is 0.262 e. The van der Waals surface area contributed by atoms with Crippen LogP contribution in [0.2, 0.25) is 0 Å². The molecule has 7 heteroatoms. The van der Waals surface area contributed by atoms with Crippen LogP contribution in [0.25, 0.3) is 0 Å². The standard InChI is InChI=1S/C21H26N2O4S/c1-4-15(2)22-20(24)21(12-13-21)16-8-10-17(11-9-16)23-28(25,26)19-7-5-6-18(14-19)27-3/h5-11,14-15,23H,4,12-13H2,1-3H3,(H,22,24)/t15-/m1/s1. The average Bonchev–Trinajstić information content (AvgIpc) is 3.50. The Morgan fingerprint density at radius 3 is 2.43 bits per heavy atom. The first-order valence-electron chi connectivity index (χ1n) is 9.39. The molecule has 6 nitrogen and oxygen atoms in total. The molecule has 0 radical (unpaired) electrons. The summed E-state index contributed by atoms with van der Waals surface area (Å²) >= 11 is 0. The summed E-state index contributed by atoms with van der Waals surface area (Å²) in [6.45, 7) is 4.03. The van der Waals surface area contributed by atoms with Gasteiger partial charge in [0, 0.05) is 17.8 Å². The number of sulfonamides is 1. The molecule has 0 saturated heterocycles. The second-order valence-electron chi connectivity index (χ2n) is 7.23. The molecular formula is C21H26N2O4S. The molecule has 28 heavy (non-hydrogen) atoms. The van der Waals surface area contributed by atoms with Crippen LogP contribution in [0.5, 0.6) is 5.75 Å². The fourth-order valence-electron chi connectivity index (χ4n) is 3.08. The summed E-state index contributed by atoms with van der Waals surface area (Å²) in [7, 11) is -2.23. The van der Waals surface area contributed by atoms with Crippen LogP contribution in [-0.2, 0) is 20.2 Å². The first-order valence-corrected chi connectivity index (χ1v) is 10.9.